The fourth-order valence-corrected chi connectivity index (χ4v) is 4.32. The smallest absolute Gasteiger partial charge is 0.258 e. The second-order valence-electron chi connectivity index (χ2n) is 9.72. The molecule has 1 atom stereocenters. The van der Waals surface area contributed by atoms with Gasteiger partial charge in [0.1, 0.15) is 17.7 Å². The molecule has 176 valence electrons. The summed E-state index contributed by atoms with van der Waals surface area (Å²) in [7, 11) is 0. The van der Waals surface area contributed by atoms with Crippen molar-refractivity contribution in [2.45, 2.75) is 45.1 Å². The molecular weight excluding hydrogens is 436 g/mol. The maximum Gasteiger partial charge on any atom is 0.258 e. The number of piperidine rings is 1. The Bertz CT molecular complexity index is 1290. The summed E-state index contributed by atoms with van der Waals surface area (Å²) in [6, 6.07) is 9.48. The Kier molecular flexibility index (Phi) is 6.24. The van der Waals surface area contributed by atoms with E-state index in [9.17, 15) is 10.1 Å². The van der Waals surface area contributed by atoms with Gasteiger partial charge in [0.15, 0.2) is 0 Å². The van der Waals surface area contributed by atoms with Crippen LogP contribution < -0.4 is 5.73 Å². The molecule has 6 nitrogen and oxygen atoms in total. The number of carbonyl (C=O) groups is 1. The third-order valence-electron chi connectivity index (χ3n) is 6.26. The molecule has 1 saturated heterocycles. The predicted octanol–water partition coefficient (Wildman–Crippen LogP) is 4.75. The van der Waals surface area contributed by atoms with Crippen molar-refractivity contribution >= 4 is 5.91 Å². The van der Waals surface area contributed by atoms with Gasteiger partial charge >= 0.3 is 0 Å². The van der Waals surface area contributed by atoms with Crippen LogP contribution in [0.5, 0.6) is 0 Å². The molecular formula is C26H27F2N5O. The Morgan fingerprint density at radius 1 is 1.21 bits per heavy atom. The number of aromatic nitrogens is 2. The molecule has 0 aliphatic carbocycles. The van der Waals surface area contributed by atoms with E-state index in [4.69, 9.17) is 5.73 Å². The molecule has 2 aromatic carbocycles. The Hall–Kier alpha value is -3.57. The van der Waals surface area contributed by atoms with Crippen molar-refractivity contribution in [2.24, 2.45) is 5.73 Å². The standard InChI is InChI=1S/C26H27F2N5O/c1-26(2,3)16-7-9-18(21(27)11-16)20-13-31-32-24(20)19-8-6-15(12-29)22(23(19)28)25(34)33-10-4-5-17(30)14-33/h6-9,11,13,17H,4-5,10,14,30H2,1-3H3,(H,31,32)/t17-/m1/s1. The van der Waals surface area contributed by atoms with Crippen LogP contribution in [0.4, 0.5) is 8.78 Å². The molecule has 0 unspecified atom stereocenters. The number of carbonyl (C=O) groups excluding carboxylic acids is 1. The van der Waals surface area contributed by atoms with E-state index in [2.05, 4.69) is 10.2 Å². The Labute approximate surface area is 197 Å². The van der Waals surface area contributed by atoms with Crippen LogP contribution in [0.15, 0.2) is 36.5 Å². The van der Waals surface area contributed by atoms with Gasteiger partial charge in [0.2, 0.25) is 0 Å². The zero-order valence-electron chi connectivity index (χ0n) is 19.5. The number of rotatable bonds is 3. The zero-order chi connectivity index (χ0) is 24.6. The van der Waals surface area contributed by atoms with Crippen molar-refractivity contribution in [1.29, 1.82) is 5.26 Å². The molecule has 0 saturated carbocycles. The number of nitrogens with zero attached hydrogens (tertiary/aromatic N) is 3. The molecule has 0 bridgehead atoms. The first-order chi connectivity index (χ1) is 16.1. The van der Waals surface area contributed by atoms with Gasteiger partial charge in [-0.25, -0.2) is 8.78 Å². The number of aromatic amines is 1. The fourth-order valence-electron chi connectivity index (χ4n) is 4.32. The van der Waals surface area contributed by atoms with Gasteiger partial charge in [-0.3, -0.25) is 9.89 Å². The minimum absolute atomic E-state index is 0.0375. The summed E-state index contributed by atoms with van der Waals surface area (Å²) >= 11 is 0. The van der Waals surface area contributed by atoms with Crippen LogP contribution in [-0.4, -0.2) is 40.1 Å². The summed E-state index contributed by atoms with van der Waals surface area (Å²) in [5.74, 6) is -1.88. The molecule has 2 heterocycles. The van der Waals surface area contributed by atoms with Gasteiger partial charge in [-0.2, -0.15) is 10.4 Å². The highest BCUT2D eigenvalue weighted by Crippen LogP contribution is 2.36. The van der Waals surface area contributed by atoms with E-state index in [1.165, 1.54) is 29.3 Å². The van der Waals surface area contributed by atoms with Crippen molar-refractivity contribution in [2.75, 3.05) is 13.1 Å². The maximum absolute atomic E-state index is 15.8. The highest BCUT2D eigenvalue weighted by molar-refractivity contribution is 5.99. The molecule has 0 radical (unpaired) electrons. The van der Waals surface area contributed by atoms with Gasteiger partial charge in [0.25, 0.3) is 5.91 Å². The van der Waals surface area contributed by atoms with Crippen LogP contribution in [0.3, 0.4) is 0 Å². The molecule has 1 fully saturated rings. The summed E-state index contributed by atoms with van der Waals surface area (Å²) in [5.41, 5.74) is 7.11. The van der Waals surface area contributed by atoms with Crippen LogP contribution in [0.1, 0.15) is 55.1 Å². The van der Waals surface area contributed by atoms with E-state index in [-0.39, 0.29) is 39.4 Å². The third-order valence-corrected chi connectivity index (χ3v) is 6.26. The van der Waals surface area contributed by atoms with Crippen molar-refractivity contribution in [1.82, 2.24) is 15.1 Å². The molecule has 0 spiro atoms. The van der Waals surface area contributed by atoms with Gasteiger partial charge in [-0.05, 0) is 42.0 Å². The van der Waals surface area contributed by atoms with Crippen molar-refractivity contribution in [3.05, 3.63) is 64.9 Å². The second-order valence-corrected chi connectivity index (χ2v) is 9.72. The number of nitrogens with two attached hydrogens (primary N) is 1. The monoisotopic (exact) mass is 463 g/mol. The normalized spacial score (nSPS) is 16.4. The number of amides is 1. The van der Waals surface area contributed by atoms with E-state index in [0.717, 1.165) is 12.0 Å². The summed E-state index contributed by atoms with van der Waals surface area (Å²) in [5, 5.41) is 16.3. The van der Waals surface area contributed by atoms with Crippen LogP contribution in [0.25, 0.3) is 22.4 Å². The molecule has 1 amide bonds. The lowest BCUT2D eigenvalue weighted by Crippen LogP contribution is -2.46. The highest BCUT2D eigenvalue weighted by atomic mass is 19.1. The minimum Gasteiger partial charge on any atom is -0.337 e. The molecule has 1 aromatic heterocycles. The summed E-state index contributed by atoms with van der Waals surface area (Å²) in [6.07, 6.45) is 2.92. The lowest BCUT2D eigenvalue weighted by molar-refractivity contribution is 0.0704. The number of nitrogens with one attached hydrogen (secondary N) is 1. The van der Waals surface area contributed by atoms with Gasteiger partial charge in [0.05, 0.1) is 23.0 Å². The van der Waals surface area contributed by atoms with E-state index in [0.29, 0.717) is 25.1 Å². The van der Waals surface area contributed by atoms with Gasteiger partial charge in [-0.15, -0.1) is 0 Å². The molecule has 3 aromatic rings. The zero-order valence-corrected chi connectivity index (χ0v) is 19.5. The SMILES string of the molecule is CC(C)(C)c1ccc(-c2cn[nH]c2-c2ccc(C#N)c(C(=O)N3CCC[C@@H](N)C3)c2F)c(F)c1. The Morgan fingerprint density at radius 3 is 2.59 bits per heavy atom. The lowest BCUT2D eigenvalue weighted by Gasteiger charge is -2.31. The Balaban J connectivity index is 1.80. The number of H-pyrrole nitrogens is 1. The number of hydrogen-bond donors (Lipinski definition) is 2. The molecule has 1 aliphatic rings. The first-order valence-electron chi connectivity index (χ1n) is 11.2. The first-order valence-corrected chi connectivity index (χ1v) is 11.2. The number of likely N-dealkylation sites (tertiary alicyclic amines) is 1. The maximum atomic E-state index is 15.8. The van der Waals surface area contributed by atoms with Crippen molar-refractivity contribution in [3.63, 3.8) is 0 Å². The van der Waals surface area contributed by atoms with Gasteiger partial charge in [-0.1, -0.05) is 32.9 Å². The van der Waals surface area contributed by atoms with E-state index < -0.39 is 17.5 Å². The van der Waals surface area contributed by atoms with E-state index in [1.54, 1.807) is 6.07 Å². The predicted molar refractivity (Wildman–Crippen MR) is 126 cm³/mol. The van der Waals surface area contributed by atoms with Gasteiger partial charge < -0.3 is 10.6 Å². The molecule has 1 aliphatic heterocycles. The first kappa shape index (κ1) is 23.6. The molecule has 3 N–H and O–H groups in total. The van der Waals surface area contributed by atoms with E-state index >= 15 is 8.78 Å². The van der Waals surface area contributed by atoms with Crippen LogP contribution in [-0.2, 0) is 5.41 Å². The van der Waals surface area contributed by atoms with E-state index in [1.807, 2.05) is 32.9 Å². The fraction of sp³-hybridized carbons (Fsp3) is 0.346. The van der Waals surface area contributed by atoms with Gasteiger partial charge in [0, 0.05) is 35.8 Å². The summed E-state index contributed by atoms with van der Waals surface area (Å²) in [4.78, 5) is 14.7. The number of halogens is 2. The molecule has 4 rings (SSSR count). The van der Waals surface area contributed by atoms with Crippen molar-refractivity contribution < 1.29 is 13.6 Å². The largest absolute Gasteiger partial charge is 0.337 e. The minimum atomic E-state index is -0.847. The Morgan fingerprint density at radius 2 is 1.94 bits per heavy atom. The lowest BCUT2D eigenvalue weighted by atomic mass is 9.86. The van der Waals surface area contributed by atoms with Crippen LogP contribution in [0.2, 0.25) is 0 Å². The third kappa shape index (κ3) is 4.31. The molecule has 34 heavy (non-hydrogen) atoms. The van der Waals surface area contributed by atoms with Crippen LogP contribution in [0, 0.1) is 23.0 Å². The number of hydrogen-bond acceptors (Lipinski definition) is 4. The quantitative estimate of drug-likeness (QED) is 0.585. The van der Waals surface area contributed by atoms with Crippen LogP contribution >= 0.6 is 0 Å². The highest BCUT2D eigenvalue weighted by Gasteiger charge is 2.29. The summed E-state index contributed by atoms with van der Waals surface area (Å²) < 4.78 is 30.9. The topological polar surface area (TPSA) is 98.8 Å². The van der Waals surface area contributed by atoms with Crippen molar-refractivity contribution in [3.8, 4) is 28.5 Å². The second kappa shape index (κ2) is 8.99. The molecule has 8 heteroatoms. The average Bonchev–Trinajstić information content (AvgIpc) is 3.27. The number of benzene rings is 2. The summed E-state index contributed by atoms with van der Waals surface area (Å²) in [6.45, 7) is 6.72. The average molecular weight is 464 g/mol. The number of nitriles is 1.